The van der Waals surface area contributed by atoms with Gasteiger partial charge in [0.1, 0.15) is 10.8 Å². The van der Waals surface area contributed by atoms with Crippen molar-refractivity contribution in [3.05, 3.63) is 69.4 Å². The number of aryl methyl sites for hydroxylation is 2. The van der Waals surface area contributed by atoms with E-state index in [0.29, 0.717) is 35.1 Å². The fourth-order valence-electron chi connectivity index (χ4n) is 3.80. The highest BCUT2D eigenvalue weighted by Gasteiger charge is 2.33. The maximum absolute atomic E-state index is 13.2. The molecule has 4 rings (SSSR count). The molecule has 2 aromatic carbocycles. The van der Waals surface area contributed by atoms with Crippen molar-refractivity contribution in [2.45, 2.75) is 37.5 Å². The van der Waals surface area contributed by atoms with E-state index in [-0.39, 0.29) is 16.7 Å². The molecule has 1 aliphatic rings. The number of halogens is 1. The largest absolute Gasteiger partial charge is 0.320 e. The second-order valence-electron chi connectivity index (χ2n) is 7.88. The van der Waals surface area contributed by atoms with E-state index in [9.17, 15) is 17.6 Å². The molecule has 1 saturated heterocycles. The summed E-state index contributed by atoms with van der Waals surface area (Å²) in [6, 6.07) is 10.8. The first-order chi connectivity index (χ1) is 15.2. The van der Waals surface area contributed by atoms with Crippen LogP contribution in [0, 0.1) is 19.7 Å². The van der Waals surface area contributed by atoms with E-state index in [2.05, 4.69) is 15.5 Å². The van der Waals surface area contributed by atoms with E-state index in [0.717, 1.165) is 28.9 Å². The van der Waals surface area contributed by atoms with E-state index in [1.54, 1.807) is 19.1 Å². The molecule has 168 valence electrons. The maximum atomic E-state index is 13.2. The maximum Gasteiger partial charge on any atom is 0.286 e. The topological polar surface area (TPSA) is 92.3 Å². The van der Waals surface area contributed by atoms with E-state index < -0.39 is 15.9 Å². The number of aromatic nitrogens is 2. The molecule has 2 heterocycles. The lowest BCUT2D eigenvalue weighted by Gasteiger charge is -2.31. The molecule has 1 amide bonds. The van der Waals surface area contributed by atoms with Crippen molar-refractivity contribution in [1.82, 2.24) is 14.5 Å². The fourth-order valence-corrected chi connectivity index (χ4v) is 6.39. The predicted octanol–water partition coefficient (Wildman–Crippen LogP) is 4.11. The molecule has 10 heteroatoms. The minimum Gasteiger partial charge on any atom is -0.320 e. The summed E-state index contributed by atoms with van der Waals surface area (Å²) in [5.41, 5.74) is 2.19. The molecule has 0 saturated carbocycles. The molecular formula is C22H23FN4O3S2. The summed E-state index contributed by atoms with van der Waals surface area (Å²) in [5.74, 6) is -0.955. The van der Waals surface area contributed by atoms with Crippen molar-refractivity contribution in [1.29, 1.82) is 0 Å². The molecule has 32 heavy (non-hydrogen) atoms. The van der Waals surface area contributed by atoms with Crippen LogP contribution in [0.15, 0.2) is 47.4 Å². The third kappa shape index (κ3) is 4.72. The zero-order valence-corrected chi connectivity index (χ0v) is 19.3. The number of nitrogens with one attached hydrogen (secondary N) is 1. The number of hydrogen-bond donors (Lipinski definition) is 1. The van der Waals surface area contributed by atoms with Gasteiger partial charge < -0.3 is 5.32 Å². The normalized spacial score (nSPS) is 17.3. The zero-order valence-electron chi connectivity index (χ0n) is 17.7. The monoisotopic (exact) mass is 474 g/mol. The van der Waals surface area contributed by atoms with E-state index in [1.165, 1.54) is 28.6 Å². The minimum absolute atomic E-state index is 0.130. The van der Waals surface area contributed by atoms with Gasteiger partial charge in [0, 0.05) is 24.7 Å². The van der Waals surface area contributed by atoms with Crippen molar-refractivity contribution in [3.8, 4) is 0 Å². The number of piperidine rings is 1. The molecular weight excluding hydrogens is 451 g/mol. The second-order valence-corrected chi connectivity index (χ2v) is 10.8. The molecule has 0 spiro atoms. The number of nitrogens with zero attached hydrogens (tertiary/aromatic N) is 3. The summed E-state index contributed by atoms with van der Waals surface area (Å²) in [4.78, 5) is 12.8. The van der Waals surface area contributed by atoms with Crippen LogP contribution in [0.1, 0.15) is 44.7 Å². The van der Waals surface area contributed by atoms with Gasteiger partial charge in [-0.2, -0.15) is 4.31 Å². The summed E-state index contributed by atoms with van der Waals surface area (Å²) >= 11 is 1.15. The quantitative estimate of drug-likeness (QED) is 0.601. The van der Waals surface area contributed by atoms with Crippen molar-refractivity contribution in [2.75, 3.05) is 18.4 Å². The molecule has 1 aromatic heterocycles. The lowest BCUT2D eigenvalue weighted by atomic mass is 10.0. The van der Waals surface area contributed by atoms with Gasteiger partial charge in [-0.05, 0) is 62.6 Å². The summed E-state index contributed by atoms with van der Waals surface area (Å²) in [6.07, 6.45) is 1.47. The molecule has 0 bridgehead atoms. The molecule has 0 unspecified atom stereocenters. The fraction of sp³-hybridized carbons (Fsp3) is 0.318. The van der Waals surface area contributed by atoms with Crippen LogP contribution in [0.3, 0.4) is 0 Å². The van der Waals surface area contributed by atoms with Crippen molar-refractivity contribution < 1.29 is 17.6 Å². The van der Waals surface area contributed by atoms with Crippen LogP contribution in [0.4, 0.5) is 10.1 Å². The van der Waals surface area contributed by atoms with Crippen LogP contribution in [0.25, 0.3) is 0 Å². The second kappa shape index (κ2) is 9.05. The number of amides is 1. The molecule has 0 aliphatic carbocycles. The molecule has 1 N–H and O–H groups in total. The van der Waals surface area contributed by atoms with Crippen LogP contribution in [0.5, 0.6) is 0 Å². The lowest BCUT2D eigenvalue weighted by Crippen LogP contribution is -2.39. The van der Waals surface area contributed by atoms with Gasteiger partial charge in [-0.25, -0.2) is 12.8 Å². The van der Waals surface area contributed by atoms with Crippen LogP contribution in [-0.2, 0) is 10.0 Å². The average Bonchev–Trinajstić information content (AvgIpc) is 3.26. The lowest BCUT2D eigenvalue weighted by molar-refractivity contribution is 0.102. The Labute approximate surface area is 190 Å². The first-order valence-electron chi connectivity index (χ1n) is 10.2. The SMILES string of the molecule is Cc1ccc(S(=O)(=O)N2CCC[C@@H](c3nnc(C(=O)Nc4ccc(F)cc4)s3)C2)c(C)c1. The van der Waals surface area contributed by atoms with Crippen LogP contribution in [0.2, 0.25) is 0 Å². The number of rotatable bonds is 5. The Kier molecular flexibility index (Phi) is 6.36. The Balaban J connectivity index is 1.48. The predicted molar refractivity (Wildman–Crippen MR) is 121 cm³/mol. The third-order valence-corrected chi connectivity index (χ3v) is 8.53. The van der Waals surface area contributed by atoms with E-state index >= 15 is 0 Å². The summed E-state index contributed by atoms with van der Waals surface area (Å²) in [7, 11) is -3.62. The molecule has 3 aromatic rings. The highest BCUT2D eigenvalue weighted by Crippen LogP contribution is 2.32. The van der Waals surface area contributed by atoms with Gasteiger partial charge >= 0.3 is 0 Å². The van der Waals surface area contributed by atoms with Gasteiger partial charge in [-0.3, -0.25) is 4.79 Å². The van der Waals surface area contributed by atoms with Gasteiger partial charge in [-0.1, -0.05) is 29.0 Å². The average molecular weight is 475 g/mol. The van der Waals surface area contributed by atoms with Crippen LogP contribution < -0.4 is 5.32 Å². The van der Waals surface area contributed by atoms with Crippen LogP contribution in [-0.4, -0.2) is 41.9 Å². The minimum atomic E-state index is -3.62. The number of carbonyl (C=O) groups excluding carboxylic acids is 1. The highest BCUT2D eigenvalue weighted by atomic mass is 32.2. The smallest absolute Gasteiger partial charge is 0.286 e. The Hall–Kier alpha value is -2.69. The van der Waals surface area contributed by atoms with Crippen molar-refractivity contribution in [2.24, 2.45) is 0 Å². The van der Waals surface area contributed by atoms with Gasteiger partial charge in [0.15, 0.2) is 0 Å². The third-order valence-electron chi connectivity index (χ3n) is 5.42. The van der Waals surface area contributed by atoms with Crippen LogP contribution >= 0.6 is 11.3 Å². The Bertz CT molecular complexity index is 1240. The summed E-state index contributed by atoms with van der Waals surface area (Å²) < 4.78 is 41.0. The van der Waals surface area contributed by atoms with Crippen molar-refractivity contribution in [3.63, 3.8) is 0 Å². The summed E-state index contributed by atoms with van der Waals surface area (Å²) in [6.45, 7) is 4.48. The number of anilines is 1. The standard InChI is InChI=1S/C22H23FN4O3S2/c1-14-5-10-19(15(2)12-14)32(29,30)27-11-3-4-16(13-27)21-25-26-22(31-21)20(28)24-18-8-6-17(23)7-9-18/h5-10,12,16H,3-4,11,13H2,1-2H3,(H,24,28)/t16-/m1/s1. The Morgan fingerprint density at radius 3 is 2.62 bits per heavy atom. The first-order valence-corrected chi connectivity index (χ1v) is 12.5. The molecule has 0 radical (unpaired) electrons. The van der Waals surface area contributed by atoms with Gasteiger partial charge in [0.25, 0.3) is 5.91 Å². The van der Waals surface area contributed by atoms with E-state index in [1.807, 2.05) is 13.0 Å². The number of carbonyl (C=O) groups is 1. The van der Waals surface area contributed by atoms with Gasteiger partial charge in [0.05, 0.1) is 4.90 Å². The Morgan fingerprint density at radius 1 is 1.16 bits per heavy atom. The van der Waals surface area contributed by atoms with Crippen molar-refractivity contribution >= 4 is 33.0 Å². The van der Waals surface area contributed by atoms with Gasteiger partial charge in [-0.15, -0.1) is 10.2 Å². The number of hydrogen-bond acceptors (Lipinski definition) is 6. The number of sulfonamides is 1. The highest BCUT2D eigenvalue weighted by molar-refractivity contribution is 7.89. The summed E-state index contributed by atoms with van der Waals surface area (Å²) in [5, 5.41) is 11.6. The zero-order chi connectivity index (χ0) is 22.9. The molecule has 1 fully saturated rings. The molecule has 1 aliphatic heterocycles. The number of benzene rings is 2. The first kappa shape index (κ1) is 22.5. The van der Waals surface area contributed by atoms with Gasteiger partial charge in [0.2, 0.25) is 15.0 Å². The van der Waals surface area contributed by atoms with E-state index in [4.69, 9.17) is 0 Å². The molecule has 7 nitrogen and oxygen atoms in total. The Morgan fingerprint density at radius 2 is 1.91 bits per heavy atom. The molecule has 1 atom stereocenters.